The van der Waals surface area contributed by atoms with E-state index in [4.69, 9.17) is 16.3 Å². The van der Waals surface area contributed by atoms with E-state index >= 15 is 0 Å². The highest BCUT2D eigenvalue weighted by Gasteiger charge is 2.14. The fourth-order valence-electron chi connectivity index (χ4n) is 2.55. The van der Waals surface area contributed by atoms with Gasteiger partial charge in [-0.3, -0.25) is 4.79 Å². The summed E-state index contributed by atoms with van der Waals surface area (Å²) in [6.45, 7) is 4.33. The van der Waals surface area contributed by atoms with Crippen LogP contribution in [0.25, 0.3) is 0 Å². The second kappa shape index (κ2) is 10.6. The van der Waals surface area contributed by atoms with Crippen molar-refractivity contribution in [1.29, 1.82) is 0 Å². The van der Waals surface area contributed by atoms with Crippen molar-refractivity contribution in [2.24, 2.45) is 0 Å². The Morgan fingerprint density at radius 3 is 2.30 bits per heavy atom. The Bertz CT molecular complexity index is 745. The Kier molecular flexibility index (Phi) is 8.14. The average molecular weight is 389 g/mol. The molecule has 0 fully saturated rings. The van der Waals surface area contributed by atoms with E-state index in [1.165, 1.54) is 0 Å². The minimum absolute atomic E-state index is 0.187. The third kappa shape index (κ3) is 6.94. The van der Waals surface area contributed by atoms with Gasteiger partial charge in [0.05, 0.1) is 0 Å². The van der Waals surface area contributed by atoms with Crippen molar-refractivity contribution in [3.63, 3.8) is 0 Å². The van der Waals surface area contributed by atoms with E-state index in [0.717, 1.165) is 17.5 Å². The molecule has 0 spiro atoms. The minimum Gasteiger partial charge on any atom is -0.457 e. The van der Waals surface area contributed by atoms with Crippen molar-refractivity contribution in [2.75, 3.05) is 5.32 Å². The molecule has 2 rings (SSSR count). The van der Waals surface area contributed by atoms with Crippen molar-refractivity contribution in [3.05, 3.63) is 64.7 Å². The topological polar surface area (TPSA) is 67.4 Å². The molecule has 2 amide bonds. The van der Waals surface area contributed by atoms with Crippen LogP contribution in [0.3, 0.4) is 0 Å². The molecule has 1 atom stereocenters. The second-order valence-corrected chi connectivity index (χ2v) is 6.63. The van der Waals surface area contributed by atoms with E-state index in [1.54, 1.807) is 24.3 Å². The highest BCUT2D eigenvalue weighted by Crippen LogP contribution is 2.23. The number of ether oxygens (including phenoxy) is 1. The monoisotopic (exact) mass is 388 g/mol. The van der Waals surface area contributed by atoms with Gasteiger partial charge in [-0.25, -0.2) is 4.79 Å². The van der Waals surface area contributed by atoms with Crippen LogP contribution < -0.4 is 10.6 Å². The van der Waals surface area contributed by atoms with Crippen LogP contribution in [0.1, 0.15) is 50.3 Å². The van der Waals surface area contributed by atoms with Crippen LogP contribution in [0.15, 0.2) is 48.5 Å². The number of carbonyl (C=O) groups is 2. The predicted octanol–water partition coefficient (Wildman–Crippen LogP) is 5.46. The highest BCUT2D eigenvalue weighted by atomic mass is 35.5. The van der Waals surface area contributed by atoms with Crippen LogP contribution in [-0.4, -0.2) is 12.0 Å². The van der Waals surface area contributed by atoms with Crippen LogP contribution in [-0.2, 0) is 16.1 Å². The molecule has 1 unspecified atom stereocenters. The van der Waals surface area contributed by atoms with E-state index in [-0.39, 0.29) is 18.1 Å². The standard InChI is InChI=1S/C21H25ClN2O3/c1-3-5-20(25)27-19(4-2)16-8-12-18(13-9-16)24-21(26)23-14-15-6-10-17(22)11-7-15/h6-13,19H,3-5,14H2,1-2H3,(H2,23,24,26). The largest absolute Gasteiger partial charge is 0.457 e. The SMILES string of the molecule is CCCC(=O)OC(CC)c1ccc(NC(=O)NCc2ccc(Cl)cc2)cc1. The van der Waals surface area contributed by atoms with Gasteiger partial charge in [0, 0.05) is 23.7 Å². The fraction of sp³-hybridized carbons (Fsp3) is 0.333. The predicted molar refractivity (Wildman–Crippen MR) is 108 cm³/mol. The molecule has 2 N–H and O–H groups in total. The second-order valence-electron chi connectivity index (χ2n) is 6.19. The van der Waals surface area contributed by atoms with Crippen molar-refractivity contribution < 1.29 is 14.3 Å². The Labute approximate surface area is 165 Å². The summed E-state index contributed by atoms with van der Waals surface area (Å²) in [6.07, 6.45) is 1.62. The number of urea groups is 1. The third-order valence-electron chi connectivity index (χ3n) is 4.01. The first kappa shape index (κ1) is 20.8. The molecular weight excluding hydrogens is 364 g/mol. The number of hydrogen-bond donors (Lipinski definition) is 2. The lowest BCUT2D eigenvalue weighted by Crippen LogP contribution is -2.28. The summed E-state index contributed by atoms with van der Waals surface area (Å²) in [5.74, 6) is -0.187. The highest BCUT2D eigenvalue weighted by molar-refractivity contribution is 6.30. The Morgan fingerprint density at radius 2 is 1.70 bits per heavy atom. The lowest BCUT2D eigenvalue weighted by Gasteiger charge is -2.17. The zero-order valence-corrected chi connectivity index (χ0v) is 16.4. The first-order valence-corrected chi connectivity index (χ1v) is 9.48. The molecule has 5 nitrogen and oxygen atoms in total. The molecule has 0 heterocycles. The maximum Gasteiger partial charge on any atom is 0.319 e. The molecule has 0 aliphatic rings. The molecule has 0 saturated heterocycles. The Balaban J connectivity index is 1.87. The van der Waals surface area contributed by atoms with Gasteiger partial charge in [-0.15, -0.1) is 0 Å². The smallest absolute Gasteiger partial charge is 0.319 e. The molecule has 2 aromatic carbocycles. The lowest BCUT2D eigenvalue weighted by atomic mass is 10.1. The summed E-state index contributed by atoms with van der Waals surface area (Å²) in [5.41, 5.74) is 2.54. The van der Waals surface area contributed by atoms with Gasteiger partial charge in [-0.1, -0.05) is 49.7 Å². The molecule has 0 saturated carbocycles. The first-order chi connectivity index (χ1) is 13.0. The summed E-state index contributed by atoms with van der Waals surface area (Å²) in [4.78, 5) is 23.7. The van der Waals surface area contributed by atoms with Crippen LogP contribution in [0.5, 0.6) is 0 Å². The number of esters is 1. The third-order valence-corrected chi connectivity index (χ3v) is 4.26. The molecule has 0 radical (unpaired) electrons. The van der Waals surface area contributed by atoms with Crippen molar-refractivity contribution >= 4 is 29.3 Å². The molecule has 0 aromatic heterocycles. The van der Waals surface area contributed by atoms with Crippen LogP contribution >= 0.6 is 11.6 Å². The normalized spacial score (nSPS) is 11.5. The Hall–Kier alpha value is -2.53. The van der Waals surface area contributed by atoms with Crippen molar-refractivity contribution in [2.45, 2.75) is 45.8 Å². The van der Waals surface area contributed by atoms with Gasteiger partial charge in [0.25, 0.3) is 0 Å². The van der Waals surface area contributed by atoms with Crippen LogP contribution in [0.2, 0.25) is 5.02 Å². The summed E-state index contributed by atoms with van der Waals surface area (Å²) in [7, 11) is 0. The van der Waals surface area contributed by atoms with E-state index in [9.17, 15) is 9.59 Å². The first-order valence-electron chi connectivity index (χ1n) is 9.10. The number of amides is 2. The number of anilines is 1. The van der Waals surface area contributed by atoms with Gasteiger partial charge in [0.1, 0.15) is 6.10 Å². The van der Waals surface area contributed by atoms with E-state index < -0.39 is 0 Å². The van der Waals surface area contributed by atoms with Gasteiger partial charge < -0.3 is 15.4 Å². The molecule has 0 bridgehead atoms. The number of halogens is 1. The van der Waals surface area contributed by atoms with Crippen molar-refractivity contribution in [1.82, 2.24) is 5.32 Å². The van der Waals surface area contributed by atoms with Crippen LogP contribution in [0, 0.1) is 0 Å². The number of carbonyl (C=O) groups excluding carboxylic acids is 2. The summed E-state index contributed by atoms with van der Waals surface area (Å²) >= 11 is 5.84. The molecule has 0 aliphatic heterocycles. The van der Waals surface area contributed by atoms with E-state index in [2.05, 4.69) is 10.6 Å². The number of hydrogen-bond acceptors (Lipinski definition) is 3. The Morgan fingerprint density at radius 1 is 1.04 bits per heavy atom. The van der Waals surface area contributed by atoms with Gasteiger partial charge >= 0.3 is 12.0 Å². The van der Waals surface area contributed by atoms with Crippen LogP contribution in [0.4, 0.5) is 10.5 Å². The van der Waals surface area contributed by atoms with Gasteiger partial charge in [0.15, 0.2) is 0 Å². The van der Waals surface area contributed by atoms with Gasteiger partial charge in [-0.05, 0) is 48.2 Å². The zero-order valence-electron chi connectivity index (χ0n) is 15.6. The molecule has 2 aromatic rings. The maximum absolute atomic E-state index is 12.0. The molecule has 27 heavy (non-hydrogen) atoms. The average Bonchev–Trinajstić information content (AvgIpc) is 2.66. The van der Waals surface area contributed by atoms with E-state index in [0.29, 0.717) is 30.1 Å². The fourth-order valence-corrected chi connectivity index (χ4v) is 2.68. The number of nitrogens with one attached hydrogen (secondary N) is 2. The minimum atomic E-state index is -0.292. The lowest BCUT2D eigenvalue weighted by molar-refractivity contribution is -0.149. The van der Waals surface area contributed by atoms with Crippen molar-refractivity contribution in [3.8, 4) is 0 Å². The van der Waals surface area contributed by atoms with E-state index in [1.807, 2.05) is 38.1 Å². The maximum atomic E-state index is 12.0. The number of rotatable bonds is 8. The number of benzene rings is 2. The summed E-state index contributed by atoms with van der Waals surface area (Å²) in [6, 6.07) is 14.3. The molecule has 6 heteroatoms. The molecular formula is C21H25ClN2O3. The molecule has 0 aliphatic carbocycles. The molecule has 144 valence electrons. The summed E-state index contributed by atoms with van der Waals surface area (Å²) < 4.78 is 5.49. The van der Waals surface area contributed by atoms with Gasteiger partial charge in [-0.2, -0.15) is 0 Å². The summed E-state index contributed by atoms with van der Waals surface area (Å²) in [5, 5.41) is 6.24. The van der Waals surface area contributed by atoms with Gasteiger partial charge in [0.2, 0.25) is 0 Å². The zero-order chi connectivity index (χ0) is 19.6. The quantitative estimate of drug-likeness (QED) is 0.590.